The first kappa shape index (κ1) is 12.0. The molecule has 6 nitrogen and oxygen atoms in total. The van der Waals surface area contributed by atoms with Gasteiger partial charge in [-0.25, -0.2) is 0 Å². The van der Waals surface area contributed by atoms with Crippen LogP contribution in [0.15, 0.2) is 29.1 Å². The van der Waals surface area contributed by atoms with Crippen LogP contribution >= 0.6 is 23.6 Å². The summed E-state index contributed by atoms with van der Waals surface area (Å²) in [5.41, 5.74) is 0.671. The Morgan fingerprint density at radius 2 is 2.05 bits per heavy atom. The molecule has 96 valence electrons. The van der Waals surface area contributed by atoms with Crippen molar-refractivity contribution in [2.75, 3.05) is 7.11 Å². The number of hydrogen-bond acceptors (Lipinski definition) is 6. The molecular formula is C11H8N4O2S2. The summed E-state index contributed by atoms with van der Waals surface area (Å²) in [6, 6.07) is 7.05. The summed E-state index contributed by atoms with van der Waals surface area (Å²) in [5, 5.41) is 10.7. The van der Waals surface area contributed by atoms with Crippen LogP contribution in [0.25, 0.3) is 16.2 Å². The third-order valence-corrected chi connectivity index (χ3v) is 3.65. The lowest BCUT2D eigenvalue weighted by atomic mass is 10.1. The fraction of sp³-hybridized carbons (Fsp3) is 0.0909. The molecule has 1 N–H and O–H groups in total. The molecule has 0 saturated heterocycles. The molecule has 19 heavy (non-hydrogen) atoms. The Labute approximate surface area is 116 Å². The van der Waals surface area contributed by atoms with Crippen LogP contribution in [0.2, 0.25) is 0 Å². The molecule has 0 bridgehead atoms. The third-order valence-electron chi connectivity index (χ3n) is 2.58. The van der Waals surface area contributed by atoms with Gasteiger partial charge in [0.15, 0.2) is 9.65 Å². The summed E-state index contributed by atoms with van der Waals surface area (Å²) in [6.45, 7) is 0. The van der Waals surface area contributed by atoms with Crippen molar-refractivity contribution in [3.63, 3.8) is 0 Å². The summed E-state index contributed by atoms with van der Waals surface area (Å²) < 4.78 is 6.86. The second-order valence-corrected chi connectivity index (χ2v) is 5.35. The minimum Gasteiger partial charge on any atom is -0.497 e. The van der Waals surface area contributed by atoms with Gasteiger partial charge in [-0.15, -0.1) is 10.2 Å². The van der Waals surface area contributed by atoms with Crippen molar-refractivity contribution in [3.05, 3.63) is 38.6 Å². The second-order valence-electron chi connectivity index (χ2n) is 3.70. The molecular weight excluding hydrogens is 284 g/mol. The Kier molecular flexibility index (Phi) is 2.88. The van der Waals surface area contributed by atoms with Crippen LogP contribution in [0.3, 0.4) is 0 Å². The molecule has 3 aromatic rings. The molecule has 0 saturated carbocycles. The van der Waals surface area contributed by atoms with E-state index < -0.39 is 0 Å². The van der Waals surface area contributed by atoms with Gasteiger partial charge in [-0.3, -0.25) is 9.89 Å². The Bertz CT molecular complexity index is 847. The SMILES string of the molecule is COc1ccc(-c2nnc3sc(=S)[nH]n3c2=O)cc1. The van der Waals surface area contributed by atoms with Gasteiger partial charge in [0.25, 0.3) is 5.56 Å². The van der Waals surface area contributed by atoms with E-state index in [1.54, 1.807) is 31.4 Å². The molecule has 0 aliphatic heterocycles. The van der Waals surface area contributed by atoms with Crippen LogP contribution in [0.4, 0.5) is 0 Å². The van der Waals surface area contributed by atoms with E-state index in [1.807, 2.05) is 0 Å². The molecule has 1 aromatic carbocycles. The predicted molar refractivity (Wildman–Crippen MR) is 74.3 cm³/mol. The second kappa shape index (κ2) is 4.56. The maximum absolute atomic E-state index is 12.3. The van der Waals surface area contributed by atoms with Gasteiger partial charge < -0.3 is 4.74 Å². The van der Waals surface area contributed by atoms with Gasteiger partial charge in [0.05, 0.1) is 7.11 Å². The van der Waals surface area contributed by atoms with Crippen LogP contribution in [-0.2, 0) is 0 Å². The molecule has 0 amide bonds. The summed E-state index contributed by atoms with van der Waals surface area (Å²) in [4.78, 5) is 12.7. The van der Waals surface area contributed by atoms with Gasteiger partial charge in [0, 0.05) is 5.56 Å². The molecule has 0 fully saturated rings. The fourth-order valence-corrected chi connectivity index (χ4v) is 2.58. The number of aromatic nitrogens is 4. The van der Waals surface area contributed by atoms with Crippen LogP contribution < -0.4 is 10.3 Å². The van der Waals surface area contributed by atoms with E-state index in [0.29, 0.717) is 20.2 Å². The number of nitrogens with one attached hydrogen (secondary N) is 1. The number of nitrogens with zero attached hydrogens (tertiary/aromatic N) is 3. The zero-order valence-electron chi connectivity index (χ0n) is 9.78. The highest BCUT2D eigenvalue weighted by atomic mass is 32.1. The zero-order chi connectivity index (χ0) is 13.4. The van der Waals surface area contributed by atoms with Gasteiger partial charge in [-0.05, 0) is 36.5 Å². The molecule has 2 aromatic heterocycles. The Morgan fingerprint density at radius 3 is 2.74 bits per heavy atom. The van der Waals surface area contributed by atoms with Crippen LogP contribution in [0.1, 0.15) is 0 Å². The van der Waals surface area contributed by atoms with Crippen LogP contribution in [0, 0.1) is 3.95 Å². The van der Waals surface area contributed by atoms with E-state index in [9.17, 15) is 4.79 Å². The normalized spacial score (nSPS) is 10.8. The monoisotopic (exact) mass is 292 g/mol. The zero-order valence-corrected chi connectivity index (χ0v) is 11.4. The molecule has 3 rings (SSSR count). The van der Waals surface area contributed by atoms with Crippen molar-refractivity contribution in [2.45, 2.75) is 0 Å². The van der Waals surface area contributed by atoms with Crippen LogP contribution in [-0.4, -0.2) is 26.9 Å². The molecule has 0 atom stereocenters. The number of H-pyrrole nitrogens is 1. The number of hydrogen-bond donors (Lipinski definition) is 1. The molecule has 0 radical (unpaired) electrons. The van der Waals surface area contributed by atoms with Crippen molar-refractivity contribution in [2.24, 2.45) is 0 Å². The summed E-state index contributed by atoms with van der Waals surface area (Å²) in [6.07, 6.45) is 0. The van der Waals surface area contributed by atoms with Gasteiger partial charge in [0.2, 0.25) is 4.96 Å². The topological polar surface area (TPSA) is 72.3 Å². The van der Waals surface area contributed by atoms with Crippen molar-refractivity contribution in [3.8, 4) is 17.0 Å². The van der Waals surface area contributed by atoms with Gasteiger partial charge in [0.1, 0.15) is 5.75 Å². The lowest BCUT2D eigenvalue weighted by molar-refractivity contribution is 0.415. The molecule has 0 aliphatic rings. The number of rotatable bonds is 2. The summed E-state index contributed by atoms with van der Waals surface area (Å²) in [7, 11) is 1.58. The maximum Gasteiger partial charge on any atom is 0.300 e. The van der Waals surface area contributed by atoms with Gasteiger partial charge in [-0.1, -0.05) is 11.3 Å². The van der Waals surface area contributed by atoms with Crippen molar-refractivity contribution in [1.29, 1.82) is 0 Å². The third kappa shape index (κ3) is 2.04. The highest BCUT2D eigenvalue weighted by molar-refractivity contribution is 7.73. The molecule has 0 spiro atoms. The number of aromatic amines is 1. The first-order chi connectivity index (χ1) is 9.19. The van der Waals surface area contributed by atoms with E-state index in [2.05, 4.69) is 15.3 Å². The number of fused-ring (bicyclic) bond motifs is 1. The number of benzene rings is 1. The van der Waals surface area contributed by atoms with Gasteiger partial charge in [-0.2, -0.15) is 4.52 Å². The van der Waals surface area contributed by atoms with E-state index in [4.69, 9.17) is 17.0 Å². The largest absolute Gasteiger partial charge is 0.497 e. The predicted octanol–water partition coefficient (Wildman–Crippen LogP) is 1.88. The molecule has 0 aliphatic carbocycles. The summed E-state index contributed by atoms with van der Waals surface area (Å²) in [5.74, 6) is 0.716. The molecule has 0 unspecified atom stereocenters. The minimum atomic E-state index is -0.275. The highest BCUT2D eigenvalue weighted by Crippen LogP contribution is 2.18. The molecule has 2 heterocycles. The van der Waals surface area contributed by atoms with Crippen LogP contribution in [0.5, 0.6) is 5.75 Å². The molecule has 8 heteroatoms. The van der Waals surface area contributed by atoms with E-state index in [0.717, 1.165) is 0 Å². The number of ether oxygens (including phenoxy) is 1. The standard InChI is InChI=1S/C11H8N4O2S2/c1-17-7-4-2-6(3-5-7)8-9(16)15-10(13-12-8)19-11(18)14-15/h2-5H,1H3,(H,14,18). The fourth-order valence-electron chi connectivity index (χ4n) is 1.66. The first-order valence-corrected chi connectivity index (χ1v) is 6.54. The van der Waals surface area contributed by atoms with E-state index in [1.165, 1.54) is 15.9 Å². The van der Waals surface area contributed by atoms with E-state index in [-0.39, 0.29) is 11.3 Å². The average molecular weight is 292 g/mol. The quantitative estimate of drug-likeness (QED) is 0.730. The Hall–Kier alpha value is -2.06. The van der Waals surface area contributed by atoms with Crippen molar-refractivity contribution in [1.82, 2.24) is 19.8 Å². The maximum atomic E-state index is 12.3. The van der Waals surface area contributed by atoms with Crippen molar-refractivity contribution >= 4 is 28.5 Å². The highest BCUT2D eigenvalue weighted by Gasteiger charge is 2.10. The number of methoxy groups -OCH3 is 1. The van der Waals surface area contributed by atoms with E-state index >= 15 is 0 Å². The Morgan fingerprint density at radius 1 is 1.32 bits per heavy atom. The smallest absolute Gasteiger partial charge is 0.300 e. The first-order valence-electron chi connectivity index (χ1n) is 5.32. The Balaban J connectivity index is 2.21. The van der Waals surface area contributed by atoms with Crippen molar-refractivity contribution < 1.29 is 4.74 Å². The van der Waals surface area contributed by atoms with Gasteiger partial charge >= 0.3 is 0 Å². The summed E-state index contributed by atoms with van der Waals surface area (Å²) >= 11 is 6.19. The lowest BCUT2D eigenvalue weighted by Gasteiger charge is -2.02. The minimum absolute atomic E-state index is 0.268. The average Bonchev–Trinajstić information content (AvgIpc) is 2.81. The lowest BCUT2D eigenvalue weighted by Crippen LogP contribution is -2.18.